The first-order chi connectivity index (χ1) is 11.1. The summed E-state index contributed by atoms with van der Waals surface area (Å²) in [4.78, 5) is 37.4. The molecule has 0 unspecified atom stereocenters. The molecular formula is C20H23FO3. The lowest BCUT2D eigenvalue weighted by molar-refractivity contribution is -0.167. The van der Waals surface area contributed by atoms with E-state index in [1.54, 1.807) is 13.0 Å². The lowest BCUT2D eigenvalue weighted by Gasteiger charge is -2.57. The van der Waals surface area contributed by atoms with E-state index in [-0.39, 0.29) is 29.8 Å². The van der Waals surface area contributed by atoms with Crippen LogP contribution in [0, 0.1) is 28.6 Å². The lowest BCUT2D eigenvalue weighted by Crippen LogP contribution is -2.64. The van der Waals surface area contributed by atoms with Crippen LogP contribution in [0.25, 0.3) is 0 Å². The van der Waals surface area contributed by atoms with Gasteiger partial charge in [-0.05, 0) is 44.3 Å². The number of Topliss-reactive ketones (excluding diaryl/α,β-unsaturated/α-hetero) is 2. The molecule has 4 aliphatic rings. The zero-order valence-electron chi connectivity index (χ0n) is 14.4. The topological polar surface area (TPSA) is 51.2 Å². The van der Waals surface area contributed by atoms with Gasteiger partial charge in [0.1, 0.15) is 5.78 Å². The van der Waals surface area contributed by atoms with Crippen LogP contribution in [0.2, 0.25) is 0 Å². The number of carbonyl (C=O) groups excluding carboxylic acids is 3. The SMILES string of the molecule is C[C@H]1C[C@H]2[C@@H]3CCC4=CC(=O)C=C[C@]4(C)[C@@]3(F)C(=O)C[C@]2(C)C1=O. The van der Waals surface area contributed by atoms with E-state index in [0.717, 1.165) is 5.57 Å². The predicted octanol–water partition coefficient (Wildman–Crippen LogP) is 3.38. The minimum atomic E-state index is -2.01. The number of allylic oxidation sites excluding steroid dienone is 4. The zero-order valence-corrected chi connectivity index (χ0v) is 14.4. The van der Waals surface area contributed by atoms with Gasteiger partial charge in [-0.25, -0.2) is 4.39 Å². The molecule has 0 saturated heterocycles. The summed E-state index contributed by atoms with van der Waals surface area (Å²) in [7, 11) is 0. The van der Waals surface area contributed by atoms with Crippen LogP contribution in [0.4, 0.5) is 4.39 Å². The van der Waals surface area contributed by atoms with Gasteiger partial charge in [0.25, 0.3) is 0 Å². The second-order valence-electron chi connectivity index (χ2n) is 8.59. The van der Waals surface area contributed by atoms with E-state index in [4.69, 9.17) is 0 Å². The molecule has 0 aliphatic heterocycles. The van der Waals surface area contributed by atoms with Crippen molar-refractivity contribution in [2.24, 2.45) is 28.6 Å². The van der Waals surface area contributed by atoms with E-state index >= 15 is 4.39 Å². The van der Waals surface area contributed by atoms with E-state index in [1.165, 1.54) is 12.2 Å². The van der Waals surface area contributed by atoms with Crippen molar-refractivity contribution in [3.8, 4) is 0 Å². The number of halogens is 1. The summed E-state index contributed by atoms with van der Waals surface area (Å²) in [5.41, 5.74) is -3.06. The third-order valence-electron chi connectivity index (χ3n) is 7.41. The molecule has 4 rings (SSSR count). The fraction of sp³-hybridized carbons (Fsp3) is 0.650. The van der Waals surface area contributed by atoms with E-state index < -0.39 is 28.2 Å². The van der Waals surface area contributed by atoms with E-state index in [1.807, 2.05) is 13.8 Å². The van der Waals surface area contributed by atoms with Crippen LogP contribution in [0.1, 0.15) is 46.5 Å². The fourth-order valence-electron chi connectivity index (χ4n) is 6.06. The van der Waals surface area contributed by atoms with Crippen molar-refractivity contribution in [3.63, 3.8) is 0 Å². The average Bonchev–Trinajstić information content (AvgIpc) is 2.74. The standard InChI is InChI=1S/C20H23FO3/c1-11-8-15-14-5-4-12-9-13(22)6-7-19(12,3)20(14,21)16(23)10-18(15,2)17(11)24/h6-7,9,11,14-15H,4-5,8,10H2,1-3H3/t11-,14-,15-,18-,19-,20-/m0/s1. The van der Waals surface area contributed by atoms with Crippen LogP contribution in [0.5, 0.6) is 0 Å². The molecule has 6 atom stereocenters. The summed E-state index contributed by atoms with van der Waals surface area (Å²) in [6, 6.07) is 0. The molecule has 3 fully saturated rings. The van der Waals surface area contributed by atoms with Crippen molar-refractivity contribution in [2.75, 3.05) is 0 Å². The Morgan fingerprint density at radius 3 is 2.58 bits per heavy atom. The van der Waals surface area contributed by atoms with Gasteiger partial charge in [-0.2, -0.15) is 0 Å². The van der Waals surface area contributed by atoms with Crippen LogP contribution in [0.15, 0.2) is 23.8 Å². The quantitative estimate of drug-likeness (QED) is 0.684. The zero-order chi connectivity index (χ0) is 17.5. The van der Waals surface area contributed by atoms with Crippen LogP contribution in [-0.4, -0.2) is 23.0 Å². The molecule has 0 heterocycles. The van der Waals surface area contributed by atoms with Crippen LogP contribution in [-0.2, 0) is 14.4 Å². The first-order valence-corrected chi connectivity index (χ1v) is 8.85. The molecule has 0 N–H and O–H groups in total. The Kier molecular flexibility index (Phi) is 3.00. The smallest absolute Gasteiger partial charge is 0.184 e. The Hall–Kier alpha value is -1.58. The largest absolute Gasteiger partial charge is 0.299 e. The van der Waals surface area contributed by atoms with Crippen LogP contribution in [0.3, 0.4) is 0 Å². The summed E-state index contributed by atoms with van der Waals surface area (Å²) in [6.45, 7) is 5.49. The van der Waals surface area contributed by atoms with Crippen LogP contribution < -0.4 is 0 Å². The molecule has 0 radical (unpaired) electrons. The Morgan fingerprint density at radius 1 is 1.17 bits per heavy atom. The number of fused-ring (bicyclic) bond motifs is 5. The Balaban J connectivity index is 1.86. The predicted molar refractivity (Wildman–Crippen MR) is 86.9 cm³/mol. The van der Waals surface area contributed by atoms with Crippen molar-refractivity contribution in [3.05, 3.63) is 23.8 Å². The first-order valence-electron chi connectivity index (χ1n) is 8.85. The second kappa shape index (κ2) is 4.53. The normalized spacial score (nSPS) is 50.2. The summed E-state index contributed by atoms with van der Waals surface area (Å²) >= 11 is 0. The Morgan fingerprint density at radius 2 is 1.88 bits per heavy atom. The molecule has 128 valence electrons. The molecule has 3 saturated carbocycles. The number of rotatable bonds is 0. The van der Waals surface area contributed by atoms with Crippen molar-refractivity contribution in [2.45, 2.75) is 52.1 Å². The molecule has 0 bridgehead atoms. The number of hydrogen-bond donors (Lipinski definition) is 0. The second-order valence-corrected chi connectivity index (χ2v) is 8.59. The van der Waals surface area contributed by atoms with Gasteiger partial charge in [0.05, 0.1) is 0 Å². The molecule has 0 aromatic carbocycles. The Labute approximate surface area is 141 Å². The number of ketones is 3. The van der Waals surface area contributed by atoms with Gasteiger partial charge in [-0.15, -0.1) is 0 Å². The summed E-state index contributed by atoms with van der Waals surface area (Å²) in [5, 5.41) is 0. The third-order valence-corrected chi connectivity index (χ3v) is 7.41. The van der Waals surface area contributed by atoms with Gasteiger partial charge in [-0.1, -0.05) is 25.5 Å². The number of alkyl halides is 1. The molecule has 0 spiro atoms. The van der Waals surface area contributed by atoms with E-state index in [0.29, 0.717) is 19.3 Å². The van der Waals surface area contributed by atoms with Gasteiger partial charge in [0, 0.05) is 29.1 Å². The summed E-state index contributed by atoms with van der Waals surface area (Å²) in [6.07, 6.45) is 6.28. The number of hydrogen-bond acceptors (Lipinski definition) is 3. The summed E-state index contributed by atoms with van der Waals surface area (Å²) in [5.74, 6) is -1.13. The molecule has 3 nitrogen and oxygen atoms in total. The minimum Gasteiger partial charge on any atom is -0.299 e. The highest BCUT2D eigenvalue weighted by Gasteiger charge is 2.71. The van der Waals surface area contributed by atoms with Crippen molar-refractivity contribution < 1.29 is 18.8 Å². The third kappa shape index (κ3) is 1.60. The fourth-order valence-corrected chi connectivity index (χ4v) is 6.06. The average molecular weight is 330 g/mol. The van der Waals surface area contributed by atoms with Gasteiger partial charge in [0.2, 0.25) is 0 Å². The molecular weight excluding hydrogens is 307 g/mol. The highest BCUT2D eigenvalue weighted by atomic mass is 19.1. The highest BCUT2D eigenvalue weighted by molar-refractivity contribution is 6.03. The minimum absolute atomic E-state index is 0.0154. The maximum Gasteiger partial charge on any atom is 0.184 e. The lowest BCUT2D eigenvalue weighted by atomic mass is 9.46. The maximum atomic E-state index is 16.5. The first kappa shape index (κ1) is 15.9. The van der Waals surface area contributed by atoms with Crippen LogP contribution >= 0.6 is 0 Å². The monoisotopic (exact) mass is 330 g/mol. The van der Waals surface area contributed by atoms with Gasteiger partial charge < -0.3 is 0 Å². The maximum absolute atomic E-state index is 16.5. The highest BCUT2D eigenvalue weighted by Crippen LogP contribution is 2.66. The van der Waals surface area contributed by atoms with E-state index in [9.17, 15) is 14.4 Å². The van der Waals surface area contributed by atoms with Gasteiger partial charge in [0.15, 0.2) is 17.2 Å². The Bertz CT molecular complexity index is 735. The summed E-state index contributed by atoms with van der Waals surface area (Å²) < 4.78 is 16.5. The molecule has 0 amide bonds. The molecule has 24 heavy (non-hydrogen) atoms. The van der Waals surface area contributed by atoms with Gasteiger partial charge >= 0.3 is 0 Å². The van der Waals surface area contributed by atoms with E-state index in [2.05, 4.69) is 0 Å². The van der Waals surface area contributed by atoms with Crippen molar-refractivity contribution in [1.29, 1.82) is 0 Å². The molecule has 0 aromatic rings. The van der Waals surface area contributed by atoms with Crippen molar-refractivity contribution >= 4 is 17.3 Å². The molecule has 0 aromatic heterocycles. The van der Waals surface area contributed by atoms with Crippen molar-refractivity contribution in [1.82, 2.24) is 0 Å². The molecule has 4 heteroatoms. The molecule has 4 aliphatic carbocycles. The van der Waals surface area contributed by atoms with Gasteiger partial charge in [-0.3, -0.25) is 14.4 Å². The number of carbonyl (C=O) groups is 3.